The second-order valence-corrected chi connectivity index (χ2v) is 6.86. The Morgan fingerprint density at radius 2 is 2.08 bits per heavy atom. The lowest BCUT2D eigenvalue weighted by Gasteiger charge is -2.27. The van der Waals surface area contributed by atoms with Gasteiger partial charge in [-0.25, -0.2) is 0 Å². The van der Waals surface area contributed by atoms with E-state index in [1.54, 1.807) is 0 Å². The molecule has 2 atom stereocenters. The van der Waals surface area contributed by atoms with Crippen molar-refractivity contribution in [1.82, 2.24) is 10.6 Å². The molecule has 5 heteroatoms. The molecule has 1 aliphatic heterocycles. The molecule has 1 aliphatic rings. The maximum absolute atomic E-state index is 12.6. The number of rotatable bonds is 4. The monoisotopic (exact) mass is 350 g/mol. The van der Waals surface area contributed by atoms with Gasteiger partial charge in [-0.15, -0.1) is 12.4 Å². The molecule has 1 fully saturated rings. The predicted octanol–water partition coefficient (Wildman–Crippen LogP) is 3.98. The van der Waals surface area contributed by atoms with E-state index in [0.717, 1.165) is 48.2 Å². The maximum atomic E-state index is 12.6. The Morgan fingerprint density at radius 3 is 2.71 bits per heavy atom. The molecule has 2 heterocycles. The lowest BCUT2D eigenvalue weighted by Crippen LogP contribution is -2.42. The minimum Gasteiger partial charge on any atom is -0.459 e. The Morgan fingerprint density at radius 1 is 1.33 bits per heavy atom. The number of carbonyl (C=O) groups is 1. The van der Waals surface area contributed by atoms with Gasteiger partial charge in [0.2, 0.25) is 5.91 Å². The Bertz CT molecular complexity index is 690. The van der Waals surface area contributed by atoms with Crippen LogP contribution in [0, 0.1) is 18.8 Å². The molecule has 132 valence electrons. The average molecular weight is 351 g/mol. The van der Waals surface area contributed by atoms with Crippen LogP contribution in [0.5, 0.6) is 0 Å². The summed E-state index contributed by atoms with van der Waals surface area (Å²) >= 11 is 0. The van der Waals surface area contributed by atoms with Gasteiger partial charge < -0.3 is 15.1 Å². The molecule has 2 unspecified atom stereocenters. The lowest BCUT2D eigenvalue weighted by molar-refractivity contribution is -0.126. The third-order valence-corrected chi connectivity index (χ3v) is 4.80. The Labute approximate surface area is 149 Å². The van der Waals surface area contributed by atoms with Crippen LogP contribution in [-0.2, 0) is 4.79 Å². The lowest BCUT2D eigenvalue weighted by atomic mass is 9.95. The fraction of sp³-hybridized carbons (Fsp3) is 0.526. The molecule has 3 rings (SSSR count). The summed E-state index contributed by atoms with van der Waals surface area (Å²) in [6.07, 6.45) is 2.02. The van der Waals surface area contributed by atoms with Crippen LogP contribution in [-0.4, -0.2) is 19.0 Å². The van der Waals surface area contributed by atoms with E-state index < -0.39 is 0 Å². The van der Waals surface area contributed by atoms with Gasteiger partial charge in [0.1, 0.15) is 11.3 Å². The number of halogens is 1. The largest absolute Gasteiger partial charge is 0.459 e. The highest BCUT2D eigenvalue weighted by molar-refractivity contribution is 5.85. The highest BCUT2D eigenvalue weighted by atomic mass is 35.5. The van der Waals surface area contributed by atoms with Crippen LogP contribution < -0.4 is 10.6 Å². The number of furan rings is 1. The van der Waals surface area contributed by atoms with Crippen LogP contribution in [0.3, 0.4) is 0 Å². The minimum atomic E-state index is -0.0863. The SMILES string of the molecule is Cc1c(C(NC(=O)C2CCCNC2)C(C)C)oc2ccccc12.Cl. The zero-order chi connectivity index (χ0) is 16.4. The van der Waals surface area contributed by atoms with E-state index in [0.29, 0.717) is 0 Å². The van der Waals surface area contributed by atoms with E-state index in [2.05, 4.69) is 37.5 Å². The Kier molecular flexibility index (Phi) is 6.30. The van der Waals surface area contributed by atoms with Gasteiger partial charge >= 0.3 is 0 Å². The summed E-state index contributed by atoms with van der Waals surface area (Å²) in [5.41, 5.74) is 2.01. The zero-order valence-corrected chi connectivity index (χ0v) is 15.4. The third-order valence-electron chi connectivity index (χ3n) is 4.80. The van der Waals surface area contributed by atoms with Gasteiger partial charge in [0.15, 0.2) is 0 Å². The topological polar surface area (TPSA) is 54.3 Å². The van der Waals surface area contributed by atoms with E-state index in [-0.39, 0.29) is 36.2 Å². The molecule has 2 aromatic rings. The number of nitrogens with one attached hydrogen (secondary N) is 2. The second kappa shape index (κ2) is 8.04. The first-order valence-corrected chi connectivity index (χ1v) is 8.57. The van der Waals surface area contributed by atoms with Gasteiger partial charge in [-0.3, -0.25) is 4.79 Å². The molecule has 4 nitrogen and oxygen atoms in total. The number of benzene rings is 1. The minimum absolute atomic E-state index is 0. The molecule has 1 saturated heterocycles. The van der Waals surface area contributed by atoms with E-state index >= 15 is 0 Å². The summed E-state index contributed by atoms with van der Waals surface area (Å²) in [5, 5.41) is 7.66. The first kappa shape index (κ1) is 18.8. The van der Waals surface area contributed by atoms with Gasteiger partial charge in [0.05, 0.1) is 12.0 Å². The summed E-state index contributed by atoms with van der Waals surface area (Å²) in [6.45, 7) is 8.11. The first-order valence-electron chi connectivity index (χ1n) is 8.57. The maximum Gasteiger partial charge on any atom is 0.224 e. The molecule has 0 saturated carbocycles. The molecular formula is C19H27ClN2O2. The van der Waals surface area contributed by atoms with Crippen molar-refractivity contribution in [3.8, 4) is 0 Å². The number of carbonyl (C=O) groups excluding carboxylic acids is 1. The van der Waals surface area contributed by atoms with Crippen molar-refractivity contribution in [3.63, 3.8) is 0 Å². The van der Waals surface area contributed by atoms with Crippen LogP contribution in [0.4, 0.5) is 0 Å². The summed E-state index contributed by atoms with van der Waals surface area (Å²) in [4.78, 5) is 12.6. The summed E-state index contributed by atoms with van der Waals surface area (Å²) in [7, 11) is 0. The Hall–Kier alpha value is -1.52. The van der Waals surface area contributed by atoms with Crippen LogP contribution in [0.2, 0.25) is 0 Å². The Balaban J connectivity index is 0.00000208. The molecule has 24 heavy (non-hydrogen) atoms. The molecule has 0 bridgehead atoms. The standard InChI is InChI=1S/C19H26N2O2.ClH/c1-12(2)17(21-19(22)14-7-6-10-20-11-14)18-13(3)15-8-4-5-9-16(15)23-18;/h4-5,8-9,12,14,17,20H,6-7,10-11H2,1-3H3,(H,21,22);1H. The molecule has 0 spiro atoms. The number of piperidine rings is 1. The average Bonchev–Trinajstić information content (AvgIpc) is 2.90. The van der Waals surface area contributed by atoms with E-state index in [4.69, 9.17) is 4.42 Å². The van der Waals surface area contributed by atoms with Crippen molar-refractivity contribution in [3.05, 3.63) is 35.6 Å². The fourth-order valence-electron chi connectivity index (χ4n) is 3.37. The number of fused-ring (bicyclic) bond motifs is 1. The molecule has 2 N–H and O–H groups in total. The quantitative estimate of drug-likeness (QED) is 0.877. The molecule has 0 radical (unpaired) electrons. The fourth-order valence-corrected chi connectivity index (χ4v) is 3.37. The van der Waals surface area contributed by atoms with E-state index in [1.165, 1.54) is 0 Å². The smallest absolute Gasteiger partial charge is 0.224 e. The molecule has 1 aromatic carbocycles. The van der Waals surface area contributed by atoms with Crippen LogP contribution >= 0.6 is 12.4 Å². The van der Waals surface area contributed by atoms with Crippen LogP contribution in [0.25, 0.3) is 11.0 Å². The number of para-hydroxylation sites is 1. The van der Waals surface area contributed by atoms with Gasteiger partial charge in [-0.1, -0.05) is 32.0 Å². The molecular weight excluding hydrogens is 324 g/mol. The molecule has 0 aliphatic carbocycles. The highest BCUT2D eigenvalue weighted by Gasteiger charge is 2.28. The van der Waals surface area contributed by atoms with Gasteiger partial charge in [-0.2, -0.15) is 0 Å². The van der Waals surface area contributed by atoms with Gasteiger partial charge in [0.25, 0.3) is 0 Å². The zero-order valence-electron chi connectivity index (χ0n) is 14.6. The van der Waals surface area contributed by atoms with Gasteiger partial charge in [-0.05, 0) is 38.3 Å². The number of hydrogen-bond donors (Lipinski definition) is 2. The van der Waals surface area contributed by atoms with Crippen molar-refractivity contribution >= 4 is 29.3 Å². The number of amides is 1. The van der Waals surface area contributed by atoms with Crippen molar-refractivity contribution in [2.24, 2.45) is 11.8 Å². The van der Waals surface area contributed by atoms with E-state index in [9.17, 15) is 4.79 Å². The molecule has 1 amide bonds. The molecule has 1 aromatic heterocycles. The highest BCUT2D eigenvalue weighted by Crippen LogP contribution is 2.33. The first-order chi connectivity index (χ1) is 11.1. The number of aryl methyl sites for hydroxylation is 1. The van der Waals surface area contributed by atoms with Crippen molar-refractivity contribution < 1.29 is 9.21 Å². The van der Waals surface area contributed by atoms with Crippen molar-refractivity contribution in [2.45, 2.75) is 39.7 Å². The third kappa shape index (κ3) is 3.76. The van der Waals surface area contributed by atoms with Crippen molar-refractivity contribution in [1.29, 1.82) is 0 Å². The normalized spacial score (nSPS) is 19.1. The summed E-state index contributed by atoms with van der Waals surface area (Å²) in [5.74, 6) is 1.36. The van der Waals surface area contributed by atoms with Crippen LogP contribution in [0.1, 0.15) is 44.1 Å². The second-order valence-electron chi connectivity index (χ2n) is 6.86. The van der Waals surface area contributed by atoms with E-state index in [1.807, 2.05) is 18.2 Å². The summed E-state index contributed by atoms with van der Waals surface area (Å²) in [6, 6.07) is 7.96. The summed E-state index contributed by atoms with van der Waals surface area (Å²) < 4.78 is 6.08. The predicted molar refractivity (Wildman–Crippen MR) is 99.5 cm³/mol. The number of hydrogen-bond acceptors (Lipinski definition) is 3. The van der Waals surface area contributed by atoms with Crippen molar-refractivity contribution in [2.75, 3.05) is 13.1 Å². The van der Waals surface area contributed by atoms with Crippen LogP contribution in [0.15, 0.2) is 28.7 Å². The van der Waals surface area contributed by atoms with Gasteiger partial charge in [0, 0.05) is 17.5 Å².